The van der Waals surface area contributed by atoms with Crippen LogP contribution in [0.1, 0.15) is 49.1 Å². The van der Waals surface area contributed by atoms with Gasteiger partial charge in [-0.1, -0.05) is 38.4 Å². The highest BCUT2D eigenvalue weighted by Crippen LogP contribution is 2.39. The molecule has 2 fully saturated rings. The van der Waals surface area contributed by atoms with Crippen LogP contribution in [-0.2, 0) is 11.6 Å². The quantitative estimate of drug-likeness (QED) is 0.548. The number of hydrogen-bond acceptors (Lipinski definition) is 5. The molecule has 196 valence electrons. The standard InChI is InChI=1S/C25H30ClF4N5O/c1-24(2,3)23-32-19(25(28,29)30)12-20(33-23)35-9-7-34(8-10-35)14-16-11-15(16)13-31-22(36)17-5-4-6-18(26)21(17)27/h4-6,12,15-16H,7-11,13-14H2,1-3H3,(H,31,36). The van der Waals surface area contributed by atoms with Gasteiger partial charge < -0.3 is 10.2 Å². The van der Waals surface area contributed by atoms with Crippen LogP contribution in [-0.4, -0.2) is 60.0 Å². The Kier molecular flexibility index (Phi) is 7.48. The maximum atomic E-state index is 14.0. The van der Waals surface area contributed by atoms with Gasteiger partial charge in [-0.3, -0.25) is 9.69 Å². The lowest BCUT2D eigenvalue weighted by Crippen LogP contribution is -2.47. The van der Waals surface area contributed by atoms with E-state index < -0.39 is 29.0 Å². The monoisotopic (exact) mass is 527 g/mol. The number of aromatic nitrogens is 2. The smallest absolute Gasteiger partial charge is 0.354 e. The van der Waals surface area contributed by atoms with Crippen molar-refractivity contribution in [3.05, 3.63) is 52.2 Å². The lowest BCUT2D eigenvalue weighted by atomic mass is 9.95. The van der Waals surface area contributed by atoms with Gasteiger partial charge in [-0.25, -0.2) is 14.4 Å². The molecule has 2 aliphatic rings. The van der Waals surface area contributed by atoms with E-state index in [1.807, 2.05) is 4.90 Å². The topological polar surface area (TPSA) is 61.4 Å². The maximum absolute atomic E-state index is 14.0. The number of piperazine rings is 1. The number of rotatable bonds is 6. The van der Waals surface area contributed by atoms with E-state index in [0.29, 0.717) is 50.4 Å². The molecule has 0 bridgehead atoms. The molecule has 2 atom stereocenters. The van der Waals surface area contributed by atoms with E-state index in [1.165, 1.54) is 18.2 Å². The number of anilines is 1. The largest absolute Gasteiger partial charge is 0.433 e. The number of nitrogens with zero attached hydrogens (tertiary/aromatic N) is 4. The number of hydrogen-bond donors (Lipinski definition) is 1. The lowest BCUT2D eigenvalue weighted by Gasteiger charge is -2.36. The Bertz CT molecular complexity index is 1080. The average Bonchev–Trinajstić information content (AvgIpc) is 3.56. The summed E-state index contributed by atoms with van der Waals surface area (Å²) in [4.78, 5) is 24.7. The van der Waals surface area contributed by atoms with Crippen molar-refractivity contribution in [2.24, 2.45) is 11.8 Å². The molecule has 6 nitrogen and oxygen atoms in total. The second-order valence-electron chi connectivity index (χ2n) is 10.5. The Morgan fingerprint density at radius 1 is 1.11 bits per heavy atom. The van der Waals surface area contributed by atoms with Gasteiger partial charge in [-0.15, -0.1) is 0 Å². The highest BCUT2D eigenvalue weighted by atomic mass is 35.5. The summed E-state index contributed by atoms with van der Waals surface area (Å²) in [5.74, 6) is 0.0242. The normalized spacial score (nSPS) is 20.9. The molecule has 2 aromatic rings. The molecule has 1 aliphatic carbocycles. The summed E-state index contributed by atoms with van der Waals surface area (Å²) < 4.78 is 54.3. The molecule has 2 heterocycles. The van der Waals surface area contributed by atoms with Gasteiger partial charge in [-0.2, -0.15) is 13.2 Å². The number of halogens is 5. The van der Waals surface area contributed by atoms with E-state index >= 15 is 0 Å². The van der Waals surface area contributed by atoms with E-state index in [-0.39, 0.29) is 16.4 Å². The molecular formula is C25H30ClF4N5O. The van der Waals surface area contributed by atoms with Crippen molar-refractivity contribution in [3.8, 4) is 0 Å². The molecule has 36 heavy (non-hydrogen) atoms. The van der Waals surface area contributed by atoms with Gasteiger partial charge >= 0.3 is 6.18 Å². The van der Waals surface area contributed by atoms with Crippen LogP contribution < -0.4 is 10.2 Å². The summed E-state index contributed by atoms with van der Waals surface area (Å²) in [6.07, 6.45) is -3.57. The second-order valence-corrected chi connectivity index (χ2v) is 10.9. The van der Waals surface area contributed by atoms with Crippen molar-refractivity contribution in [3.63, 3.8) is 0 Å². The Labute approximate surface area is 213 Å². The van der Waals surface area contributed by atoms with Crippen LogP contribution in [0.3, 0.4) is 0 Å². The highest BCUT2D eigenvalue weighted by molar-refractivity contribution is 6.31. The van der Waals surface area contributed by atoms with Crippen LogP contribution in [0.25, 0.3) is 0 Å². The van der Waals surface area contributed by atoms with Crippen molar-refractivity contribution in [1.29, 1.82) is 0 Å². The molecule has 11 heteroatoms. The first-order valence-electron chi connectivity index (χ1n) is 12.0. The number of nitrogens with one attached hydrogen (secondary N) is 1. The van der Waals surface area contributed by atoms with Crippen LogP contribution in [0.2, 0.25) is 5.02 Å². The predicted octanol–water partition coefficient (Wildman–Crippen LogP) is 4.77. The fourth-order valence-electron chi connectivity index (χ4n) is 4.35. The first kappa shape index (κ1) is 26.6. The van der Waals surface area contributed by atoms with Crippen LogP contribution in [0.5, 0.6) is 0 Å². The minimum atomic E-state index is -4.53. The Hall–Kier alpha value is -2.46. The molecule has 1 aromatic carbocycles. The Balaban J connectivity index is 1.28. The number of benzene rings is 1. The van der Waals surface area contributed by atoms with Crippen LogP contribution in [0.4, 0.5) is 23.4 Å². The summed E-state index contributed by atoms with van der Waals surface area (Å²) in [6.45, 7) is 9.26. The van der Waals surface area contributed by atoms with E-state index in [0.717, 1.165) is 19.0 Å². The number of alkyl halides is 3. The van der Waals surface area contributed by atoms with E-state index in [1.54, 1.807) is 20.8 Å². The molecule has 4 rings (SSSR count). The third kappa shape index (κ3) is 6.26. The SMILES string of the molecule is CC(C)(C)c1nc(N2CCN(CC3CC3CNC(=O)c3cccc(Cl)c3F)CC2)cc(C(F)(F)F)n1. The zero-order chi connectivity index (χ0) is 26.3. The lowest BCUT2D eigenvalue weighted by molar-refractivity contribution is -0.141. The van der Waals surface area contributed by atoms with E-state index in [2.05, 4.69) is 20.2 Å². The molecular weight excluding hydrogens is 498 g/mol. The first-order chi connectivity index (χ1) is 16.8. The van der Waals surface area contributed by atoms with E-state index in [9.17, 15) is 22.4 Å². The second kappa shape index (κ2) is 10.1. The maximum Gasteiger partial charge on any atom is 0.433 e. The minimum Gasteiger partial charge on any atom is -0.354 e. The molecule has 1 saturated heterocycles. The molecule has 0 spiro atoms. The third-order valence-corrected chi connectivity index (χ3v) is 6.94. The van der Waals surface area contributed by atoms with Crippen LogP contribution >= 0.6 is 11.6 Å². The summed E-state index contributed by atoms with van der Waals surface area (Å²) >= 11 is 5.75. The average molecular weight is 528 g/mol. The number of carbonyl (C=O) groups is 1. The van der Waals surface area contributed by atoms with Crippen LogP contribution in [0, 0.1) is 17.7 Å². The van der Waals surface area contributed by atoms with Crippen LogP contribution in [0.15, 0.2) is 24.3 Å². The fraction of sp³-hybridized carbons (Fsp3) is 0.560. The van der Waals surface area contributed by atoms with Gasteiger partial charge in [0.1, 0.15) is 17.3 Å². The zero-order valence-corrected chi connectivity index (χ0v) is 21.3. The van der Waals surface area contributed by atoms with Gasteiger partial charge in [0.25, 0.3) is 5.91 Å². The van der Waals surface area contributed by atoms with Gasteiger partial charge in [0.2, 0.25) is 0 Å². The first-order valence-corrected chi connectivity index (χ1v) is 12.4. The predicted molar refractivity (Wildman–Crippen MR) is 130 cm³/mol. The van der Waals surface area contributed by atoms with Crippen molar-refractivity contribution in [2.75, 3.05) is 44.2 Å². The molecule has 0 radical (unpaired) electrons. The molecule has 1 amide bonds. The van der Waals surface area contributed by atoms with Gasteiger partial charge in [-0.05, 0) is 30.4 Å². The van der Waals surface area contributed by atoms with E-state index in [4.69, 9.17) is 11.6 Å². The third-order valence-electron chi connectivity index (χ3n) is 6.65. The van der Waals surface area contributed by atoms with Crippen molar-refractivity contribution < 1.29 is 22.4 Å². The number of amides is 1. The van der Waals surface area contributed by atoms with Crippen molar-refractivity contribution in [1.82, 2.24) is 20.2 Å². The zero-order valence-electron chi connectivity index (χ0n) is 20.5. The fourth-order valence-corrected chi connectivity index (χ4v) is 4.52. The summed E-state index contributed by atoms with van der Waals surface area (Å²) in [5, 5.41) is 2.70. The molecule has 2 unspecified atom stereocenters. The Morgan fingerprint density at radius 3 is 2.44 bits per heavy atom. The summed E-state index contributed by atoms with van der Waals surface area (Å²) in [5.41, 5.74) is -1.59. The highest BCUT2D eigenvalue weighted by Gasteiger charge is 2.39. The molecule has 1 aliphatic heterocycles. The number of carbonyl (C=O) groups excluding carboxylic acids is 1. The van der Waals surface area contributed by atoms with Crippen molar-refractivity contribution in [2.45, 2.75) is 38.8 Å². The molecule has 1 N–H and O–H groups in total. The van der Waals surface area contributed by atoms with Gasteiger partial charge in [0, 0.05) is 50.7 Å². The Morgan fingerprint density at radius 2 is 1.81 bits per heavy atom. The van der Waals surface area contributed by atoms with Crippen molar-refractivity contribution >= 4 is 23.3 Å². The minimum absolute atomic E-state index is 0.0659. The summed E-state index contributed by atoms with van der Waals surface area (Å²) in [6, 6.07) is 5.37. The van der Waals surface area contributed by atoms with Gasteiger partial charge in [0.05, 0.1) is 10.6 Å². The molecule has 1 saturated carbocycles. The van der Waals surface area contributed by atoms with Gasteiger partial charge in [0.15, 0.2) is 5.82 Å². The molecule has 1 aromatic heterocycles. The summed E-state index contributed by atoms with van der Waals surface area (Å²) in [7, 11) is 0.